The molecule has 0 saturated carbocycles. The van der Waals surface area contributed by atoms with Crippen LogP contribution < -0.4 is 5.32 Å². The van der Waals surface area contributed by atoms with Crippen LogP contribution in [0.25, 0.3) is 0 Å². The molecular weight excluding hydrogens is 157 g/mol. The van der Waals surface area contributed by atoms with Crippen molar-refractivity contribution in [2.24, 2.45) is 0 Å². The molecule has 66 valence electrons. The minimum atomic E-state index is -0.532. The molecule has 0 heterocycles. The number of hydrogen-bond acceptors (Lipinski definition) is 2. The van der Waals surface area contributed by atoms with E-state index >= 15 is 0 Å². The molecule has 0 saturated heterocycles. The summed E-state index contributed by atoms with van der Waals surface area (Å²) in [4.78, 5) is 0. The first-order valence-corrected chi connectivity index (χ1v) is 3.84. The fourth-order valence-electron chi connectivity index (χ4n) is 0.868. The Labute approximate surface area is 71.0 Å². The van der Waals surface area contributed by atoms with E-state index in [0.29, 0.717) is 6.54 Å². The van der Waals surface area contributed by atoms with Crippen molar-refractivity contribution in [3.05, 3.63) is 35.6 Å². The molecule has 1 atom stereocenters. The topological polar surface area (TPSA) is 32.3 Å². The molecule has 2 nitrogen and oxygen atoms in total. The zero-order chi connectivity index (χ0) is 8.97. The second-order valence-electron chi connectivity index (χ2n) is 2.68. The lowest BCUT2D eigenvalue weighted by molar-refractivity contribution is 0.155. The van der Waals surface area contributed by atoms with Crippen LogP contribution in [0.3, 0.4) is 0 Å². The van der Waals surface area contributed by atoms with Gasteiger partial charge in [0, 0.05) is 6.54 Å². The van der Waals surface area contributed by atoms with Crippen molar-refractivity contribution in [1.29, 1.82) is 0 Å². The first kappa shape index (κ1) is 9.16. The normalized spacial score (nSPS) is 12.9. The highest BCUT2D eigenvalue weighted by atomic mass is 19.1. The third-order valence-corrected chi connectivity index (χ3v) is 1.51. The van der Waals surface area contributed by atoms with E-state index < -0.39 is 6.23 Å². The molecule has 0 radical (unpaired) electrons. The summed E-state index contributed by atoms with van der Waals surface area (Å²) < 4.78 is 12.4. The summed E-state index contributed by atoms with van der Waals surface area (Å²) in [6.07, 6.45) is -0.532. The number of nitrogens with one attached hydrogen (secondary N) is 1. The van der Waals surface area contributed by atoms with Gasteiger partial charge in [-0.1, -0.05) is 12.1 Å². The van der Waals surface area contributed by atoms with Gasteiger partial charge in [0.15, 0.2) is 0 Å². The predicted octanol–water partition coefficient (Wildman–Crippen LogP) is 1.25. The number of aliphatic hydroxyl groups is 1. The van der Waals surface area contributed by atoms with E-state index in [1.807, 2.05) is 0 Å². The SMILES string of the molecule is CC(O)NCc1ccc(F)cc1. The summed E-state index contributed by atoms with van der Waals surface area (Å²) in [5, 5.41) is 11.7. The molecular formula is C9H12FNO. The minimum absolute atomic E-state index is 0.240. The molecule has 1 aromatic carbocycles. The van der Waals surface area contributed by atoms with Crippen LogP contribution >= 0.6 is 0 Å². The fourth-order valence-corrected chi connectivity index (χ4v) is 0.868. The smallest absolute Gasteiger partial charge is 0.123 e. The molecule has 0 spiro atoms. The van der Waals surface area contributed by atoms with Crippen molar-refractivity contribution in [2.75, 3.05) is 0 Å². The van der Waals surface area contributed by atoms with Crippen molar-refractivity contribution in [1.82, 2.24) is 5.32 Å². The molecule has 0 aliphatic rings. The van der Waals surface area contributed by atoms with Crippen LogP contribution in [0.5, 0.6) is 0 Å². The second-order valence-corrected chi connectivity index (χ2v) is 2.68. The van der Waals surface area contributed by atoms with Gasteiger partial charge in [0.25, 0.3) is 0 Å². The Kier molecular flexibility index (Phi) is 3.19. The Morgan fingerprint density at radius 3 is 2.50 bits per heavy atom. The Balaban J connectivity index is 2.48. The molecule has 3 heteroatoms. The van der Waals surface area contributed by atoms with Gasteiger partial charge in [-0.3, -0.25) is 5.32 Å². The lowest BCUT2D eigenvalue weighted by Gasteiger charge is -2.06. The number of rotatable bonds is 3. The Hall–Kier alpha value is -0.930. The Morgan fingerprint density at radius 1 is 1.42 bits per heavy atom. The van der Waals surface area contributed by atoms with E-state index in [4.69, 9.17) is 5.11 Å². The molecule has 1 unspecified atom stereocenters. The predicted molar refractivity (Wildman–Crippen MR) is 44.9 cm³/mol. The Morgan fingerprint density at radius 2 is 2.00 bits per heavy atom. The molecule has 2 N–H and O–H groups in total. The summed E-state index contributed by atoms with van der Waals surface area (Å²) in [5.74, 6) is -0.240. The summed E-state index contributed by atoms with van der Waals surface area (Å²) in [5.41, 5.74) is 0.956. The third kappa shape index (κ3) is 2.98. The average molecular weight is 169 g/mol. The molecule has 12 heavy (non-hydrogen) atoms. The maximum Gasteiger partial charge on any atom is 0.123 e. The van der Waals surface area contributed by atoms with Gasteiger partial charge in [0.1, 0.15) is 12.0 Å². The van der Waals surface area contributed by atoms with Gasteiger partial charge >= 0.3 is 0 Å². The monoisotopic (exact) mass is 169 g/mol. The minimum Gasteiger partial charge on any atom is -0.379 e. The standard InChI is InChI=1S/C9H12FNO/c1-7(12)11-6-8-2-4-9(10)5-3-8/h2-5,7,11-12H,6H2,1H3. The lowest BCUT2D eigenvalue weighted by Crippen LogP contribution is -2.24. The van der Waals surface area contributed by atoms with Crippen molar-refractivity contribution >= 4 is 0 Å². The summed E-state index contributed by atoms with van der Waals surface area (Å²) in [6, 6.07) is 6.17. The first-order valence-electron chi connectivity index (χ1n) is 3.84. The highest BCUT2D eigenvalue weighted by Gasteiger charge is 1.95. The number of aliphatic hydroxyl groups excluding tert-OH is 1. The molecule has 0 fully saturated rings. The van der Waals surface area contributed by atoms with Crippen LogP contribution in [0.4, 0.5) is 4.39 Å². The molecule has 0 aliphatic carbocycles. The van der Waals surface area contributed by atoms with Gasteiger partial charge in [0.2, 0.25) is 0 Å². The molecule has 1 aromatic rings. The van der Waals surface area contributed by atoms with Crippen LogP contribution in [0, 0.1) is 5.82 Å². The van der Waals surface area contributed by atoms with E-state index in [0.717, 1.165) is 5.56 Å². The van der Waals surface area contributed by atoms with E-state index in [1.165, 1.54) is 12.1 Å². The maximum absolute atomic E-state index is 12.4. The largest absolute Gasteiger partial charge is 0.379 e. The van der Waals surface area contributed by atoms with Crippen LogP contribution in [-0.2, 0) is 6.54 Å². The number of halogens is 1. The molecule has 0 bridgehead atoms. The van der Waals surface area contributed by atoms with E-state index in [9.17, 15) is 4.39 Å². The van der Waals surface area contributed by atoms with Gasteiger partial charge in [-0.05, 0) is 24.6 Å². The second kappa shape index (κ2) is 4.18. The van der Waals surface area contributed by atoms with E-state index in [-0.39, 0.29) is 5.82 Å². The van der Waals surface area contributed by atoms with Gasteiger partial charge < -0.3 is 5.11 Å². The summed E-state index contributed by atoms with van der Waals surface area (Å²) >= 11 is 0. The summed E-state index contributed by atoms with van der Waals surface area (Å²) in [6.45, 7) is 2.20. The van der Waals surface area contributed by atoms with Crippen LogP contribution in [0.1, 0.15) is 12.5 Å². The first-order chi connectivity index (χ1) is 5.68. The number of hydrogen-bond donors (Lipinski definition) is 2. The van der Waals surface area contributed by atoms with Crippen LogP contribution in [0.15, 0.2) is 24.3 Å². The van der Waals surface area contributed by atoms with E-state index in [2.05, 4.69) is 5.32 Å². The van der Waals surface area contributed by atoms with Crippen LogP contribution in [-0.4, -0.2) is 11.3 Å². The van der Waals surface area contributed by atoms with Crippen molar-refractivity contribution in [3.8, 4) is 0 Å². The zero-order valence-corrected chi connectivity index (χ0v) is 6.92. The molecule has 0 aromatic heterocycles. The highest BCUT2D eigenvalue weighted by Crippen LogP contribution is 2.01. The highest BCUT2D eigenvalue weighted by molar-refractivity contribution is 5.15. The van der Waals surface area contributed by atoms with E-state index in [1.54, 1.807) is 19.1 Å². The fraction of sp³-hybridized carbons (Fsp3) is 0.333. The van der Waals surface area contributed by atoms with Gasteiger partial charge in [0.05, 0.1) is 0 Å². The molecule has 1 rings (SSSR count). The van der Waals surface area contributed by atoms with Gasteiger partial charge in [-0.15, -0.1) is 0 Å². The third-order valence-electron chi connectivity index (χ3n) is 1.51. The molecule has 0 aliphatic heterocycles. The van der Waals surface area contributed by atoms with Crippen molar-refractivity contribution < 1.29 is 9.50 Å². The van der Waals surface area contributed by atoms with Gasteiger partial charge in [-0.2, -0.15) is 0 Å². The molecule has 0 amide bonds. The van der Waals surface area contributed by atoms with Gasteiger partial charge in [-0.25, -0.2) is 4.39 Å². The average Bonchev–Trinajstić information content (AvgIpc) is 2.03. The summed E-state index contributed by atoms with van der Waals surface area (Å²) in [7, 11) is 0. The van der Waals surface area contributed by atoms with Crippen molar-refractivity contribution in [2.45, 2.75) is 19.7 Å². The Bertz CT molecular complexity index is 233. The maximum atomic E-state index is 12.4. The van der Waals surface area contributed by atoms with Crippen LogP contribution in [0.2, 0.25) is 0 Å². The van der Waals surface area contributed by atoms with Crippen molar-refractivity contribution in [3.63, 3.8) is 0 Å². The lowest BCUT2D eigenvalue weighted by atomic mass is 10.2. The number of benzene rings is 1. The quantitative estimate of drug-likeness (QED) is 0.667. The zero-order valence-electron chi connectivity index (χ0n) is 6.92.